The molecule has 0 atom stereocenters. The number of hydrogen-bond acceptors (Lipinski definition) is 2. The van der Waals surface area contributed by atoms with E-state index in [2.05, 4.69) is 5.32 Å². The molecule has 1 aromatic rings. The fourth-order valence-electron chi connectivity index (χ4n) is 2.26. The predicted molar refractivity (Wildman–Crippen MR) is 68.7 cm³/mol. The average Bonchev–Trinajstić information content (AvgIpc) is 2.66. The smallest absolute Gasteiger partial charge is 0.222 e. The highest BCUT2D eigenvalue weighted by molar-refractivity contribution is 5.76. The maximum atomic E-state index is 13.4. The number of nitrogens with one attached hydrogen (secondary N) is 1. The molecule has 1 heterocycles. The molecule has 1 fully saturated rings. The van der Waals surface area contributed by atoms with Crippen molar-refractivity contribution in [2.24, 2.45) is 0 Å². The molecule has 0 bridgehead atoms. The fourth-order valence-corrected chi connectivity index (χ4v) is 2.26. The van der Waals surface area contributed by atoms with E-state index in [9.17, 15) is 13.6 Å². The van der Waals surface area contributed by atoms with Crippen LogP contribution in [0, 0.1) is 11.6 Å². The molecule has 3 nitrogen and oxygen atoms in total. The minimum absolute atomic E-state index is 0.00352. The number of benzene rings is 1. The van der Waals surface area contributed by atoms with Crippen LogP contribution in [0.3, 0.4) is 0 Å². The summed E-state index contributed by atoms with van der Waals surface area (Å²) in [6.07, 6.45) is 1.18. The second-order valence-electron chi connectivity index (χ2n) is 4.68. The van der Waals surface area contributed by atoms with Crippen molar-refractivity contribution in [2.75, 3.05) is 26.2 Å². The Morgan fingerprint density at radius 1 is 1.21 bits per heavy atom. The number of rotatable bonds is 3. The number of hydrogen-bond donors (Lipinski definition) is 1. The summed E-state index contributed by atoms with van der Waals surface area (Å²) in [6.45, 7) is 3.07. The number of amides is 1. The van der Waals surface area contributed by atoms with Gasteiger partial charge in [-0.15, -0.1) is 0 Å². The SMILES string of the molecule is O=C(CCc1c(F)cccc1F)N1CCCNCC1. The summed E-state index contributed by atoms with van der Waals surface area (Å²) in [5.74, 6) is -1.19. The van der Waals surface area contributed by atoms with Crippen molar-refractivity contribution < 1.29 is 13.6 Å². The van der Waals surface area contributed by atoms with Gasteiger partial charge in [-0.2, -0.15) is 0 Å². The van der Waals surface area contributed by atoms with Gasteiger partial charge < -0.3 is 10.2 Å². The molecule has 0 radical (unpaired) electrons. The van der Waals surface area contributed by atoms with Crippen molar-refractivity contribution in [2.45, 2.75) is 19.3 Å². The van der Waals surface area contributed by atoms with E-state index >= 15 is 0 Å². The van der Waals surface area contributed by atoms with Crippen LogP contribution in [0.5, 0.6) is 0 Å². The Labute approximate surface area is 111 Å². The molecule has 0 unspecified atom stereocenters. The van der Waals surface area contributed by atoms with Crippen LogP contribution >= 0.6 is 0 Å². The quantitative estimate of drug-likeness (QED) is 0.905. The first-order chi connectivity index (χ1) is 9.18. The molecule has 0 aliphatic carbocycles. The third kappa shape index (κ3) is 3.73. The zero-order valence-electron chi connectivity index (χ0n) is 10.8. The molecule has 1 amide bonds. The van der Waals surface area contributed by atoms with E-state index in [1.54, 1.807) is 4.90 Å². The molecule has 19 heavy (non-hydrogen) atoms. The van der Waals surface area contributed by atoms with Gasteiger partial charge in [-0.1, -0.05) is 6.07 Å². The van der Waals surface area contributed by atoms with E-state index in [4.69, 9.17) is 0 Å². The average molecular weight is 268 g/mol. The van der Waals surface area contributed by atoms with E-state index in [1.165, 1.54) is 18.2 Å². The molecule has 1 saturated heterocycles. The molecule has 0 aromatic heterocycles. The van der Waals surface area contributed by atoms with Gasteiger partial charge in [0.05, 0.1) is 0 Å². The molecule has 2 rings (SSSR count). The van der Waals surface area contributed by atoms with E-state index in [0.717, 1.165) is 19.5 Å². The minimum atomic E-state index is -0.578. The molecule has 0 spiro atoms. The Morgan fingerprint density at radius 2 is 1.95 bits per heavy atom. The van der Waals surface area contributed by atoms with E-state index in [0.29, 0.717) is 13.1 Å². The molecular formula is C14H18F2N2O. The third-order valence-corrected chi connectivity index (χ3v) is 3.34. The Balaban J connectivity index is 1.92. The van der Waals surface area contributed by atoms with Crippen molar-refractivity contribution in [1.82, 2.24) is 10.2 Å². The van der Waals surface area contributed by atoms with Gasteiger partial charge in [-0.05, 0) is 31.5 Å². The zero-order chi connectivity index (χ0) is 13.7. The Kier molecular flexibility index (Phi) is 4.85. The van der Waals surface area contributed by atoms with Crippen LogP contribution < -0.4 is 5.32 Å². The normalized spacial score (nSPS) is 16.2. The fraction of sp³-hybridized carbons (Fsp3) is 0.500. The molecule has 5 heteroatoms. The summed E-state index contributed by atoms with van der Waals surface area (Å²) in [6, 6.07) is 3.77. The lowest BCUT2D eigenvalue weighted by Crippen LogP contribution is -2.34. The summed E-state index contributed by atoms with van der Waals surface area (Å²) in [5, 5.41) is 3.21. The van der Waals surface area contributed by atoms with Gasteiger partial charge in [0.1, 0.15) is 11.6 Å². The van der Waals surface area contributed by atoms with Crippen molar-refractivity contribution in [3.8, 4) is 0 Å². The Morgan fingerprint density at radius 3 is 2.68 bits per heavy atom. The minimum Gasteiger partial charge on any atom is -0.341 e. The number of carbonyl (C=O) groups is 1. The zero-order valence-corrected chi connectivity index (χ0v) is 10.8. The summed E-state index contributed by atoms with van der Waals surface area (Å²) < 4.78 is 26.9. The summed E-state index contributed by atoms with van der Waals surface area (Å²) in [7, 11) is 0. The Bertz CT molecular complexity index is 423. The first-order valence-corrected chi connectivity index (χ1v) is 6.60. The highest BCUT2D eigenvalue weighted by Gasteiger charge is 2.17. The van der Waals surface area contributed by atoms with Crippen molar-refractivity contribution >= 4 is 5.91 Å². The van der Waals surface area contributed by atoms with Gasteiger partial charge in [-0.25, -0.2) is 8.78 Å². The van der Waals surface area contributed by atoms with Crippen LogP contribution in [-0.2, 0) is 11.2 Å². The lowest BCUT2D eigenvalue weighted by Gasteiger charge is -2.20. The standard InChI is InChI=1S/C14H18F2N2O/c15-12-3-1-4-13(16)11(12)5-6-14(19)18-9-2-7-17-8-10-18/h1,3-4,17H,2,5-10H2. The number of nitrogens with zero attached hydrogens (tertiary/aromatic N) is 1. The van der Waals surface area contributed by atoms with Crippen LogP contribution in [0.1, 0.15) is 18.4 Å². The van der Waals surface area contributed by atoms with E-state index < -0.39 is 11.6 Å². The van der Waals surface area contributed by atoms with Gasteiger partial charge in [0.25, 0.3) is 0 Å². The van der Waals surface area contributed by atoms with Crippen molar-refractivity contribution in [3.05, 3.63) is 35.4 Å². The maximum absolute atomic E-state index is 13.4. The van der Waals surface area contributed by atoms with Gasteiger partial charge >= 0.3 is 0 Å². The van der Waals surface area contributed by atoms with Crippen molar-refractivity contribution in [1.29, 1.82) is 0 Å². The third-order valence-electron chi connectivity index (χ3n) is 3.34. The van der Waals surface area contributed by atoms with Crippen LogP contribution in [0.15, 0.2) is 18.2 Å². The monoisotopic (exact) mass is 268 g/mol. The summed E-state index contributed by atoms with van der Waals surface area (Å²) >= 11 is 0. The van der Waals surface area contributed by atoms with Gasteiger partial charge in [0.2, 0.25) is 5.91 Å². The maximum Gasteiger partial charge on any atom is 0.222 e. The molecule has 1 N–H and O–H groups in total. The molecular weight excluding hydrogens is 250 g/mol. The second kappa shape index (κ2) is 6.61. The molecule has 1 aromatic carbocycles. The highest BCUT2D eigenvalue weighted by atomic mass is 19.1. The number of carbonyl (C=O) groups excluding carboxylic acids is 1. The summed E-state index contributed by atoms with van der Waals surface area (Å²) in [4.78, 5) is 13.8. The van der Waals surface area contributed by atoms with Crippen LogP contribution in [-0.4, -0.2) is 37.0 Å². The van der Waals surface area contributed by atoms with Gasteiger partial charge in [0.15, 0.2) is 0 Å². The lowest BCUT2D eigenvalue weighted by atomic mass is 10.1. The highest BCUT2D eigenvalue weighted by Crippen LogP contribution is 2.14. The molecule has 104 valence electrons. The predicted octanol–water partition coefficient (Wildman–Crippen LogP) is 1.72. The first kappa shape index (κ1) is 13.9. The van der Waals surface area contributed by atoms with E-state index in [1.807, 2.05) is 0 Å². The topological polar surface area (TPSA) is 32.3 Å². The largest absolute Gasteiger partial charge is 0.341 e. The van der Waals surface area contributed by atoms with Crippen molar-refractivity contribution in [3.63, 3.8) is 0 Å². The van der Waals surface area contributed by atoms with Crippen LogP contribution in [0.25, 0.3) is 0 Å². The van der Waals surface area contributed by atoms with Crippen LogP contribution in [0.2, 0.25) is 0 Å². The van der Waals surface area contributed by atoms with Gasteiger partial charge in [-0.3, -0.25) is 4.79 Å². The van der Waals surface area contributed by atoms with E-state index in [-0.39, 0.29) is 24.3 Å². The first-order valence-electron chi connectivity index (χ1n) is 6.60. The lowest BCUT2D eigenvalue weighted by molar-refractivity contribution is -0.130. The molecule has 0 saturated carbocycles. The Hall–Kier alpha value is -1.49. The molecule has 1 aliphatic rings. The van der Waals surface area contributed by atoms with Gasteiger partial charge in [0, 0.05) is 31.6 Å². The number of halogens is 2. The van der Waals surface area contributed by atoms with Crippen LogP contribution in [0.4, 0.5) is 8.78 Å². The molecule has 1 aliphatic heterocycles. The second-order valence-corrected chi connectivity index (χ2v) is 4.68. The summed E-state index contributed by atoms with van der Waals surface area (Å²) in [5.41, 5.74) is 0.00352.